The van der Waals surface area contributed by atoms with E-state index in [0.717, 1.165) is 29.2 Å². The maximum Gasteiger partial charge on any atom is 0.127 e. The minimum atomic E-state index is -0.119. The number of aromatic nitrogens is 2. The van der Waals surface area contributed by atoms with Gasteiger partial charge in [0.2, 0.25) is 0 Å². The molecule has 20 heavy (non-hydrogen) atoms. The van der Waals surface area contributed by atoms with Gasteiger partial charge in [-0.25, -0.2) is 4.98 Å². The van der Waals surface area contributed by atoms with Gasteiger partial charge in [-0.1, -0.05) is 0 Å². The number of hydrogen-bond donors (Lipinski definition) is 0. The predicted molar refractivity (Wildman–Crippen MR) is 88.1 cm³/mol. The van der Waals surface area contributed by atoms with E-state index in [1.165, 1.54) is 0 Å². The predicted octanol–water partition coefficient (Wildman–Crippen LogP) is 4.49. The van der Waals surface area contributed by atoms with Gasteiger partial charge in [-0.2, -0.15) is 11.8 Å². The lowest BCUT2D eigenvalue weighted by Gasteiger charge is -2.24. The van der Waals surface area contributed by atoms with Gasteiger partial charge in [0.05, 0.1) is 23.5 Å². The monoisotopic (exact) mass is 312 g/mol. The molecule has 1 unspecified atom stereocenters. The molecule has 110 valence electrons. The first-order valence-electron chi connectivity index (χ1n) is 6.61. The van der Waals surface area contributed by atoms with E-state index >= 15 is 0 Å². The fourth-order valence-electron chi connectivity index (χ4n) is 2.17. The molecule has 0 bridgehead atoms. The lowest BCUT2D eigenvalue weighted by molar-refractivity contribution is 0.415. The third-order valence-corrected chi connectivity index (χ3v) is 4.86. The molecular weight excluding hydrogens is 292 g/mol. The molecule has 0 aliphatic carbocycles. The molecule has 2 rings (SSSR count). The first-order valence-corrected chi connectivity index (χ1v) is 8.27. The number of nitrogens with zero attached hydrogens (tertiary/aromatic N) is 2. The highest BCUT2D eigenvalue weighted by atomic mass is 35.5. The second-order valence-corrected chi connectivity index (χ2v) is 7.66. The normalized spacial score (nSPS) is 13.7. The molecule has 5 heteroatoms. The molecular formula is C15H21ClN2OS. The number of halogens is 1. The summed E-state index contributed by atoms with van der Waals surface area (Å²) in [5.41, 5.74) is 2.04. The second kappa shape index (κ2) is 5.86. The summed E-state index contributed by atoms with van der Waals surface area (Å²) in [4.78, 5) is 4.68. The average Bonchev–Trinajstić information content (AvgIpc) is 2.76. The molecule has 0 aliphatic rings. The van der Waals surface area contributed by atoms with Gasteiger partial charge in [0.1, 0.15) is 11.6 Å². The van der Waals surface area contributed by atoms with Crippen LogP contribution in [-0.2, 0) is 6.54 Å². The molecule has 1 aromatic carbocycles. The smallest absolute Gasteiger partial charge is 0.127 e. The van der Waals surface area contributed by atoms with Gasteiger partial charge < -0.3 is 9.30 Å². The van der Waals surface area contributed by atoms with Crippen LogP contribution in [0.15, 0.2) is 18.2 Å². The van der Waals surface area contributed by atoms with Crippen LogP contribution in [0.2, 0.25) is 0 Å². The van der Waals surface area contributed by atoms with Crippen LogP contribution in [0, 0.1) is 0 Å². The molecule has 0 saturated carbocycles. The Morgan fingerprint density at radius 2 is 2.15 bits per heavy atom. The summed E-state index contributed by atoms with van der Waals surface area (Å²) < 4.78 is 7.63. The summed E-state index contributed by atoms with van der Waals surface area (Å²) in [6.07, 6.45) is 2.13. The Hall–Kier alpha value is -0.870. The standard InChI is InChI=1S/C15H21ClN2OS/c1-10(16)14-17-12-8-11(19-4)6-7-13(12)18(14)9-15(2,3)20-5/h6-8,10H,9H2,1-5H3. The van der Waals surface area contributed by atoms with Crippen molar-refractivity contribution in [3.63, 3.8) is 0 Å². The summed E-state index contributed by atoms with van der Waals surface area (Å²) in [6.45, 7) is 7.30. The minimum Gasteiger partial charge on any atom is -0.497 e. The maximum absolute atomic E-state index is 6.30. The van der Waals surface area contributed by atoms with Gasteiger partial charge >= 0.3 is 0 Å². The van der Waals surface area contributed by atoms with E-state index in [9.17, 15) is 0 Å². The Labute approximate surface area is 129 Å². The fraction of sp³-hybridized carbons (Fsp3) is 0.533. The van der Waals surface area contributed by atoms with Crippen LogP contribution in [-0.4, -0.2) is 27.7 Å². The maximum atomic E-state index is 6.30. The molecule has 1 atom stereocenters. The zero-order valence-corrected chi connectivity index (χ0v) is 14.2. The van der Waals surface area contributed by atoms with Gasteiger partial charge in [0.25, 0.3) is 0 Å². The number of imidazole rings is 1. The summed E-state index contributed by atoms with van der Waals surface area (Å²) in [7, 11) is 1.67. The lowest BCUT2D eigenvalue weighted by atomic mass is 10.2. The molecule has 0 saturated heterocycles. The summed E-state index contributed by atoms with van der Waals surface area (Å²) in [6, 6.07) is 5.98. The van der Waals surface area contributed by atoms with E-state index in [0.29, 0.717) is 0 Å². The number of alkyl halides is 1. The Morgan fingerprint density at radius 1 is 1.45 bits per heavy atom. The molecule has 0 amide bonds. The number of thioether (sulfide) groups is 1. The quantitative estimate of drug-likeness (QED) is 0.761. The van der Waals surface area contributed by atoms with Crippen molar-refractivity contribution in [2.24, 2.45) is 0 Å². The molecule has 3 nitrogen and oxygen atoms in total. The molecule has 0 N–H and O–H groups in total. The minimum absolute atomic E-state index is 0.119. The van der Waals surface area contributed by atoms with E-state index < -0.39 is 0 Å². The highest BCUT2D eigenvalue weighted by molar-refractivity contribution is 7.99. The number of benzene rings is 1. The van der Waals surface area contributed by atoms with Gasteiger partial charge in [0, 0.05) is 17.4 Å². The number of hydrogen-bond acceptors (Lipinski definition) is 3. The SMILES string of the molecule is COc1ccc2c(c1)nc(C(C)Cl)n2CC(C)(C)SC. The highest BCUT2D eigenvalue weighted by Crippen LogP contribution is 2.31. The number of fused-ring (bicyclic) bond motifs is 1. The third kappa shape index (κ3) is 3.07. The van der Waals surface area contributed by atoms with Crippen molar-refractivity contribution in [1.82, 2.24) is 9.55 Å². The van der Waals surface area contributed by atoms with E-state index in [2.05, 4.69) is 35.7 Å². The fourth-order valence-corrected chi connectivity index (χ4v) is 2.60. The molecule has 0 spiro atoms. The van der Waals surface area contributed by atoms with Crippen LogP contribution in [0.1, 0.15) is 32.0 Å². The van der Waals surface area contributed by atoms with Crippen LogP contribution in [0.4, 0.5) is 0 Å². The van der Waals surface area contributed by atoms with Crippen molar-refractivity contribution in [3.05, 3.63) is 24.0 Å². The number of methoxy groups -OCH3 is 1. The van der Waals surface area contributed by atoms with Gasteiger partial charge in [0.15, 0.2) is 0 Å². The first-order chi connectivity index (χ1) is 9.38. The molecule has 2 aromatic rings. The largest absolute Gasteiger partial charge is 0.497 e. The Morgan fingerprint density at radius 3 is 2.70 bits per heavy atom. The van der Waals surface area contributed by atoms with Crippen molar-refractivity contribution in [2.45, 2.75) is 37.4 Å². The molecule has 0 fully saturated rings. The zero-order chi connectivity index (χ0) is 14.9. The molecule has 0 radical (unpaired) electrons. The zero-order valence-electron chi connectivity index (χ0n) is 12.6. The second-order valence-electron chi connectivity index (χ2n) is 5.49. The van der Waals surface area contributed by atoms with Crippen LogP contribution >= 0.6 is 23.4 Å². The Bertz CT molecular complexity index is 607. The molecule has 0 aliphatic heterocycles. The van der Waals surface area contributed by atoms with Gasteiger partial charge in [-0.15, -0.1) is 11.6 Å². The summed E-state index contributed by atoms with van der Waals surface area (Å²) >= 11 is 8.15. The van der Waals surface area contributed by atoms with Crippen LogP contribution < -0.4 is 4.74 Å². The van der Waals surface area contributed by atoms with Gasteiger partial charge in [-0.05, 0) is 39.2 Å². The van der Waals surface area contributed by atoms with E-state index in [1.54, 1.807) is 7.11 Å². The molecule has 1 aromatic heterocycles. The van der Waals surface area contributed by atoms with E-state index in [4.69, 9.17) is 16.3 Å². The van der Waals surface area contributed by atoms with Crippen molar-refractivity contribution >= 4 is 34.4 Å². The lowest BCUT2D eigenvalue weighted by Crippen LogP contribution is -2.23. The van der Waals surface area contributed by atoms with Crippen LogP contribution in [0.3, 0.4) is 0 Å². The third-order valence-electron chi connectivity index (χ3n) is 3.43. The van der Waals surface area contributed by atoms with E-state index in [-0.39, 0.29) is 10.1 Å². The summed E-state index contributed by atoms with van der Waals surface area (Å²) in [5, 5.41) is -0.119. The van der Waals surface area contributed by atoms with Crippen LogP contribution in [0.25, 0.3) is 11.0 Å². The van der Waals surface area contributed by atoms with Gasteiger partial charge in [-0.3, -0.25) is 0 Å². The average molecular weight is 313 g/mol. The van der Waals surface area contributed by atoms with Crippen molar-refractivity contribution in [3.8, 4) is 5.75 Å². The first kappa shape index (κ1) is 15.5. The Kier molecular flexibility index (Phi) is 4.55. The number of ether oxygens (including phenoxy) is 1. The highest BCUT2D eigenvalue weighted by Gasteiger charge is 2.22. The topological polar surface area (TPSA) is 27.1 Å². The molecule has 1 heterocycles. The Balaban J connectivity index is 2.57. The van der Waals surface area contributed by atoms with Crippen molar-refractivity contribution in [2.75, 3.05) is 13.4 Å². The van der Waals surface area contributed by atoms with Crippen molar-refractivity contribution in [1.29, 1.82) is 0 Å². The summed E-state index contributed by atoms with van der Waals surface area (Å²) in [5.74, 6) is 1.73. The van der Waals surface area contributed by atoms with Crippen molar-refractivity contribution < 1.29 is 4.74 Å². The number of rotatable bonds is 5. The van der Waals surface area contributed by atoms with E-state index in [1.807, 2.05) is 30.8 Å². The van der Waals surface area contributed by atoms with Crippen LogP contribution in [0.5, 0.6) is 5.75 Å².